The van der Waals surface area contributed by atoms with Gasteiger partial charge in [0.2, 0.25) is 0 Å². The number of carbonyl (C=O) groups is 1. The highest BCUT2D eigenvalue weighted by atomic mass is 35.5. The van der Waals surface area contributed by atoms with Crippen molar-refractivity contribution in [1.29, 1.82) is 0 Å². The van der Waals surface area contributed by atoms with Gasteiger partial charge in [-0.1, -0.05) is 17.7 Å². The molecular weight excluding hydrogens is 407 g/mol. The van der Waals surface area contributed by atoms with Gasteiger partial charge in [0, 0.05) is 29.1 Å². The lowest BCUT2D eigenvalue weighted by Gasteiger charge is -2.12. The Morgan fingerprint density at radius 3 is 2.72 bits per heavy atom. The van der Waals surface area contributed by atoms with Crippen LogP contribution < -0.4 is 4.74 Å². The van der Waals surface area contributed by atoms with E-state index in [1.165, 1.54) is 12.1 Å². The Balaban J connectivity index is 1.54. The Labute approximate surface area is 169 Å². The van der Waals surface area contributed by atoms with E-state index < -0.39 is 17.7 Å². The molecule has 1 atom stereocenters. The number of rotatable bonds is 5. The summed E-state index contributed by atoms with van der Waals surface area (Å²) in [5, 5.41) is 9.65. The number of alkyl halides is 3. The predicted octanol–water partition coefficient (Wildman–Crippen LogP) is 5.85. The molecule has 0 unspecified atom stereocenters. The molecule has 29 heavy (non-hydrogen) atoms. The van der Waals surface area contributed by atoms with Crippen LogP contribution in [-0.4, -0.2) is 15.6 Å². The SMILES string of the molecule is O=C(O)C[C@@H]1CCn2c1cc1cc(OCc3ccc(Cl)c(C(F)(F)F)c3)ccc12. The first-order valence-corrected chi connectivity index (χ1v) is 9.43. The lowest BCUT2D eigenvalue weighted by molar-refractivity contribution is -0.138. The van der Waals surface area contributed by atoms with Gasteiger partial charge in [0.25, 0.3) is 0 Å². The first-order valence-electron chi connectivity index (χ1n) is 9.06. The van der Waals surface area contributed by atoms with Gasteiger partial charge in [0.1, 0.15) is 12.4 Å². The molecule has 0 spiro atoms. The monoisotopic (exact) mass is 423 g/mol. The Morgan fingerprint density at radius 1 is 1.21 bits per heavy atom. The molecule has 0 fully saturated rings. The van der Waals surface area contributed by atoms with Crippen molar-refractivity contribution in [2.45, 2.75) is 38.1 Å². The van der Waals surface area contributed by atoms with Gasteiger partial charge >= 0.3 is 12.1 Å². The third kappa shape index (κ3) is 3.92. The first-order chi connectivity index (χ1) is 13.7. The maximum Gasteiger partial charge on any atom is 0.417 e. The number of aromatic nitrogens is 1. The Bertz CT molecular complexity index is 1090. The van der Waals surface area contributed by atoms with Crippen LogP contribution in [0.1, 0.15) is 35.6 Å². The third-order valence-electron chi connectivity index (χ3n) is 5.19. The van der Waals surface area contributed by atoms with Crippen molar-refractivity contribution in [2.24, 2.45) is 0 Å². The molecule has 4 nitrogen and oxygen atoms in total. The number of aliphatic carboxylic acids is 1. The van der Waals surface area contributed by atoms with Crippen molar-refractivity contribution in [3.63, 3.8) is 0 Å². The second-order valence-corrected chi connectivity index (χ2v) is 7.53. The number of nitrogens with zero attached hydrogens (tertiary/aromatic N) is 1. The third-order valence-corrected chi connectivity index (χ3v) is 5.52. The van der Waals surface area contributed by atoms with Gasteiger partial charge in [-0.15, -0.1) is 0 Å². The highest BCUT2D eigenvalue weighted by Crippen LogP contribution is 2.38. The molecule has 2 heterocycles. The summed E-state index contributed by atoms with van der Waals surface area (Å²) in [4.78, 5) is 11.1. The number of benzene rings is 2. The Hall–Kier alpha value is -2.67. The largest absolute Gasteiger partial charge is 0.489 e. The molecule has 1 aliphatic rings. The zero-order valence-electron chi connectivity index (χ0n) is 15.2. The van der Waals surface area contributed by atoms with Crippen LogP contribution in [0, 0.1) is 0 Å². The second-order valence-electron chi connectivity index (χ2n) is 7.13. The molecule has 1 aromatic heterocycles. The number of carboxylic acid groups (broad SMARTS) is 1. The standard InChI is InChI=1S/C21H17ClF3NO3/c22-17-3-1-12(7-16(17)21(23,24)25)11-29-15-2-4-18-14(8-15)9-19-13(10-20(27)28)5-6-26(18)19/h1-4,7-9,13H,5-6,10-11H2,(H,27,28)/t13-/m0/s1. The van der Waals surface area contributed by atoms with Crippen LogP contribution in [0.2, 0.25) is 5.02 Å². The van der Waals surface area contributed by atoms with Gasteiger partial charge in [-0.25, -0.2) is 0 Å². The van der Waals surface area contributed by atoms with Gasteiger partial charge in [-0.3, -0.25) is 4.79 Å². The Morgan fingerprint density at radius 2 is 2.00 bits per heavy atom. The molecule has 1 N–H and O–H groups in total. The zero-order chi connectivity index (χ0) is 20.8. The smallest absolute Gasteiger partial charge is 0.417 e. The predicted molar refractivity (Wildman–Crippen MR) is 102 cm³/mol. The summed E-state index contributed by atoms with van der Waals surface area (Å²) in [7, 11) is 0. The first kappa shape index (κ1) is 19.6. The van der Waals surface area contributed by atoms with E-state index in [9.17, 15) is 18.0 Å². The van der Waals surface area contributed by atoms with Crippen LogP contribution in [0.25, 0.3) is 10.9 Å². The van der Waals surface area contributed by atoms with Crippen molar-refractivity contribution < 1.29 is 27.8 Å². The topological polar surface area (TPSA) is 51.5 Å². The molecule has 1 aliphatic heterocycles. The van der Waals surface area contributed by atoms with Crippen molar-refractivity contribution in [2.75, 3.05) is 0 Å². The average Bonchev–Trinajstić information content (AvgIpc) is 3.19. The number of carboxylic acids is 1. The summed E-state index contributed by atoms with van der Waals surface area (Å²) in [5.41, 5.74) is 1.46. The van der Waals surface area contributed by atoms with Gasteiger partial charge in [-0.05, 0) is 48.4 Å². The number of fused-ring (bicyclic) bond motifs is 3. The molecular formula is C21H17ClF3NO3. The molecule has 8 heteroatoms. The molecule has 0 radical (unpaired) electrons. The van der Waals surface area contributed by atoms with Crippen LogP contribution >= 0.6 is 11.6 Å². The average molecular weight is 424 g/mol. The number of hydrogen-bond acceptors (Lipinski definition) is 2. The summed E-state index contributed by atoms with van der Waals surface area (Å²) >= 11 is 5.64. The van der Waals surface area contributed by atoms with E-state index in [1.54, 1.807) is 6.07 Å². The number of aryl methyl sites for hydroxylation is 1. The minimum Gasteiger partial charge on any atom is -0.489 e. The fourth-order valence-corrected chi connectivity index (χ4v) is 4.07. The Kier molecular flexibility index (Phi) is 4.94. The molecule has 0 amide bonds. The highest BCUT2D eigenvalue weighted by Gasteiger charge is 2.33. The van der Waals surface area contributed by atoms with Crippen LogP contribution in [0.5, 0.6) is 5.75 Å². The molecule has 0 saturated heterocycles. The summed E-state index contributed by atoms with van der Waals surface area (Å²) in [6.45, 7) is 0.739. The second kappa shape index (κ2) is 7.30. The van der Waals surface area contributed by atoms with E-state index in [0.717, 1.165) is 35.6 Å². The molecule has 3 aromatic rings. The molecule has 0 bridgehead atoms. The maximum atomic E-state index is 13.0. The van der Waals surface area contributed by atoms with Gasteiger partial charge < -0.3 is 14.4 Å². The van der Waals surface area contributed by atoms with E-state index in [2.05, 4.69) is 4.57 Å². The lowest BCUT2D eigenvalue weighted by atomic mass is 10.0. The summed E-state index contributed by atoms with van der Waals surface area (Å²) < 4.78 is 46.8. The van der Waals surface area contributed by atoms with Crippen molar-refractivity contribution in [3.8, 4) is 5.75 Å². The summed E-state index contributed by atoms with van der Waals surface area (Å²) in [5.74, 6) is -0.307. The van der Waals surface area contributed by atoms with Crippen molar-refractivity contribution in [3.05, 3.63) is 64.3 Å². The quantitative estimate of drug-likeness (QED) is 0.559. The maximum absolute atomic E-state index is 13.0. The van der Waals surface area contributed by atoms with E-state index in [4.69, 9.17) is 21.4 Å². The number of hydrogen-bond donors (Lipinski definition) is 1. The summed E-state index contributed by atoms with van der Waals surface area (Å²) in [6, 6.07) is 11.1. The van der Waals surface area contributed by atoms with Crippen LogP contribution in [0.4, 0.5) is 13.2 Å². The molecule has 4 rings (SSSR count). The summed E-state index contributed by atoms with van der Waals surface area (Å²) in [6.07, 6.45) is -3.63. The highest BCUT2D eigenvalue weighted by molar-refractivity contribution is 6.31. The number of ether oxygens (including phenoxy) is 1. The minimum atomic E-state index is -4.52. The van der Waals surface area contributed by atoms with Gasteiger partial charge in [-0.2, -0.15) is 13.2 Å². The zero-order valence-corrected chi connectivity index (χ0v) is 15.9. The molecule has 2 aromatic carbocycles. The number of halogens is 4. The molecule has 0 saturated carbocycles. The van der Waals surface area contributed by atoms with E-state index in [-0.39, 0.29) is 24.0 Å². The van der Waals surface area contributed by atoms with E-state index in [0.29, 0.717) is 11.3 Å². The lowest BCUT2D eigenvalue weighted by Crippen LogP contribution is -2.07. The van der Waals surface area contributed by atoms with E-state index in [1.807, 2.05) is 18.2 Å². The van der Waals surface area contributed by atoms with Gasteiger partial charge in [0.05, 0.1) is 17.0 Å². The minimum absolute atomic E-state index is 0.0147. The van der Waals surface area contributed by atoms with Crippen LogP contribution in [0.3, 0.4) is 0 Å². The van der Waals surface area contributed by atoms with Crippen LogP contribution in [0.15, 0.2) is 42.5 Å². The van der Waals surface area contributed by atoms with Crippen molar-refractivity contribution in [1.82, 2.24) is 4.57 Å². The molecule has 0 aliphatic carbocycles. The van der Waals surface area contributed by atoms with Gasteiger partial charge in [0.15, 0.2) is 0 Å². The van der Waals surface area contributed by atoms with E-state index >= 15 is 0 Å². The molecule has 152 valence electrons. The fourth-order valence-electron chi connectivity index (χ4n) is 3.84. The van der Waals surface area contributed by atoms with Crippen LogP contribution in [-0.2, 0) is 24.1 Å². The normalized spacial score (nSPS) is 16.2. The fraction of sp³-hybridized carbons (Fsp3) is 0.286. The van der Waals surface area contributed by atoms with Crippen molar-refractivity contribution >= 4 is 28.5 Å².